The molecule has 5 nitrogen and oxygen atoms in total. The van der Waals surface area contributed by atoms with Crippen LogP contribution in [-0.4, -0.2) is 45.7 Å². The maximum absolute atomic E-state index is 10.5. The lowest BCUT2D eigenvalue weighted by Gasteiger charge is -2.14. The Morgan fingerprint density at radius 2 is 2.11 bits per heavy atom. The van der Waals surface area contributed by atoms with E-state index in [-0.39, 0.29) is 6.42 Å². The van der Waals surface area contributed by atoms with Crippen molar-refractivity contribution in [2.75, 3.05) is 20.1 Å². The van der Waals surface area contributed by atoms with Crippen LogP contribution in [0.4, 0.5) is 0 Å². The summed E-state index contributed by atoms with van der Waals surface area (Å²) in [6.07, 6.45) is 1.00. The number of rotatable bonds is 6. The van der Waals surface area contributed by atoms with Crippen LogP contribution in [0.3, 0.4) is 0 Å². The normalized spacial score (nSPS) is 11.3. The Hall–Kier alpha value is -1.88. The molecule has 102 valence electrons. The van der Waals surface area contributed by atoms with Gasteiger partial charge in [-0.3, -0.25) is 4.79 Å². The zero-order valence-corrected chi connectivity index (χ0v) is 11.3. The van der Waals surface area contributed by atoms with Gasteiger partial charge in [-0.2, -0.15) is 0 Å². The summed E-state index contributed by atoms with van der Waals surface area (Å²) in [5.74, 6) is 0.276. The summed E-state index contributed by atoms with van der Waals surface area (Å²) in [7, 11) is 3.95. The van der Waals surface area contributed by atoms with E-state index in [0.29, 0.717) is 6.54 Å². The Labute approximate surface area is 112 Å². The maximum Gasteiger partial charge on any atom is 0.304 e. The van der Waals surface area contributed by atoms with E-state index in [1.165, 1.54) is 0 Å². The highest BCUT2D eigenvalue weighted by molar-refractivity contribution is 5.75. The number of carbonyl (C=O) groups is 1. The first-order chi connectivity index (χ1) is 9.08. The molecule has 2 rings (SSSR count). The molecule has 0 radical (unpaired) electrons. The average Bonchev–Trinajstić information content (AvgIpc) is 2.71. The van der Waals surface area contributed by atoms with E-state index < -0.39 is 5.97 Å². The quantitative estimate of drug-likeness (QED) is 0.856. The third kappa shape index (κ3) is 3.32. The fraction of sp³-hybridized carbons (Fsp3) is 0.429. The number of aryl methyl sites for hydroxylation is 1. The van der Waals surface area contributed by atoms with Crippen molar-refractivity contribution in [1.29, 1.82) is 0 Å². The summed E-state index contributed by atoms with van der Waals surface area (Å²) in [5, 5.41) is 8.64. The number of likely N-dealkylation sites (N-methyl/N-ethyl adjacent to an activating group) is 1. The van der Waals surface area contributed by atoms with Crippen molar-refractivity contribution in [3.05, 3.63) is 30.1 Å². The van der Waals surface area contributed by atoms with E-state index >= 15 is 0 Å². The zero-order chi connectivity index (χ0) is 13.8. The van der Waals surface area contributed by atoms with Gasteiger partial charge in [0.1, 0.15) is 5.82 Å². The first kappa shape index (κ1) is 13.5. The lowest BCUT2D eigenvalue weighted by Crippen LogP contribution is -2.25. The van der Waals surface area contributed by atoms with Gasteiger partial charge in [0.05, 0.1) is 17.5 Å². The van der Waals surface area contributed by atoms with Crippen molar-refractivity contribution in [3.63, 3.8) is 0 Å². The largest absolute Gasteiger partial charge is 0.481 e. The summed E-state index contributed by atoms with van der Waals surface area (Å²) >= 11 is 0. The van der Waals surface area contributed by atoms with Crippen LogP contribution in [-0.2, 0) is 18.3 Å². The molecule has 0 unspecified atom stereocenters. The summed E-state index contributed by atoms with van der Waals surface area (Å²) in [6, 6.07) is 8.05. The standard InChI is InChI=1S/C14H19N3O2/c1-16(10-8-14(18)19)9-7-13-15-11-5-3-4-6-12(11)17(13)2/h3-6H,7-10H2,1-2H3,(H,18,19). The minimum absolute atomic E-state index is 0.180. The number of nitrogens with zero attached hydrogens (tertiary/aromatic N) is 3. The number of hydrogen-bond donors (Lipinski definition) is 1. The molecule has 1 aromatic carbocycles. The van der Waals surface area contributed by atoms with Crippen molar-refractivity contribution in [3.8, 4) is 0 Å². The SMILES string of the molecule is CN(CCC(=O)O)CCc1nc2ccccc2n1C. The molecule has 2 aromatic rings. The molecule has 0 atom stereocenters. The van der Waals surface area contributed by atoms with E-state index in [4.69, 9.17) is 5.11 Å². The zero-order valence-electron chi connectivity index (χ0n) is 11.3. The molecule has 0 amide bonds. The van der Waals surface area contributed by atoms with Crippen LogP contribution < -0.4 is 0 Å². The van der Waals surface area contributed by atoms with Crippen LogP contribution in [0.2, 0.25) is 0 Å². The number of fused-ring (bicyclic) bond motifs is 1. The molecule has 19 heavy (non-hydrogen) atoms. The highest BCUT2D eigenvalue weighted by Crippen LogP contribution is 2.14. The van der Waals surface area contributed by atoms with Gasteiger partial charge in [0.25, 0.3) is 0 Å². The molecule has 0 bridgehead atoms. The number of aromatic nitrogens is 2. The molecule has 0 aliphatic rings. The second-order valence-electron chi connectivity index (χ2n) is 4.77. The monoisotopic (exact) mass is 261 g/mol. The third-order valence-electron chi connectivity index (χ3n) is 3.30. The van der Waals surface area contributed by atoms with E-state index in [0.717, 1.165) is 29.8 Å². The third-order valence-corrected chi connectivity index (χ3v) is 3.30. The first-order valence-corrected chi connectivity index (χ1v) is 6.38. The molecule has 0 saturated carbocycles. The summed E-state index contributed by atoms with van der Waals surface area (Å²) in [4.78, 5) is 17.1. The second-order valence-corrected chi connectivity index (χ2v) is 4.77. The molecule has 0 aliphatic carbocycles. The highest BCUT2D eigenvalue weighted by Gasteiger charge is 2.08. The first-order valence-electron chi connectivity index (χ1n) is 6.38. The molecular formula is C14H19N3O2. The number of carboxylic acids is 1. The van der Waals surface area contributed by atoms with E-state index in [1.54, 1.807) is 0 Å². The minimum atomic E-state index is -0.755. The van der Waals surface area contributed by atoms with Gasteiger partial charge in [0, 0.05) is 26.6 Å². The second kappa shape index (κ2) is 5.84. The number of aliphatic carboxylic acids is 1. The van der Waals surface area contributed by atoms with Gasteiger partial charge in [-0.15, -0.1) is 0 Å². The Kier molecular flexibility index (Phi) is 4.16. The molecule has 0 spiro atoms. The van der Waals surface area contributed by atoms with Gasteiger partial charge in [0.2, 0.25) is 0 Å². The predicted molar refractivity (Wildman–Crippen MR) is 74.2 cm³/mol. The fourth-order valence-electron chi connectivity index (χ4n) is 2.11. The van der Waals surface area contributed by atoms with Crippen molar-refractivity contribution in [2.24, 2.45) is 7.05 Å². The number of benzene rings is 1. The van der Waals surface area contributed by atoms with Gasteiger partial charge < -0.3 is 14.6 Å². The van der Waals surface area contributed by atoms with Crippen LogP contribution in [0.15, 0.2) is 24.3 Å². The molecular weight excluding hydrogens is 242 g/mol. The lowest BCUT2D eigenvalue weighted by molar-refractivity contribution is -0.137. The molecule has 1 aromatic heterocycles. The summed E-state index contributed by atoms with van der Waals surface area (Å²) in [5.41, 5.74) is 2.14. The highest BCUT2D eigenvalue weighted by atomic mass is 16.4. The maximum atomic E-state index is 10.5. The number of hydrogen-bond acceptors (Lipinski definition) is 3. The Balaban J connectivity index is 1.98. The van der Waals surface area contributed by atoms with Crippen molar-refractivity contribution in [2.45, 2.75) is 12.8 Å². The Morgan fingerprint density at radius 3 is 2.79 bits per heavy atom. The minimum Gasteiger partial charge on any atom is -0.481 e. The summed E-state index contributed by atoms with van der Waals surface area (Å²) < 4.78 is 2.10. The van der Waals surface area contributed by atoms with Crippen LogP contribution in [0, 0.1) is 0 Å². The van der Waals surface area contributed by atoms with E-state index in [1.807, 2.05) is 37.2 Å². The van der Waals surface area contributed by atoms with E-state index in [9.17, 15) is 4.79 Å². The Morgan fingerprint density at radius 1 is 1.37 bits per heavy atom. The van der Waals surface area contributed by atoms with Gasteiger partial charge >= 0.3 is 5.97 Å². The number of para-hydroxylation sites is 2. The van der Waals surface area contributed by atoms with Crippen molar-refractivity contribution in [1.82, 2.24) is 14.5 Å². The number of imidazole rings is 1. The molecule has 1 heterocycles. The average molecular weight is 261 g/mol. The summed E-state index contributed by atoms with van der Waals surface area (Å²) in [6.45, 7) is 1.38. The van der Waals surface area contributed by atoms with Crippen LogP contribution in [0.1, 0.15) is 12.2 Å². The molecule has 1 N–H and O–H groups in total. The molecule has 0 saturated heterocycles. The van der Waals surface area contributed by atoms with Gasteiger partial charge in [-0.25, -0.2) is 4.98 Å². The van der Waals surface area contributed by atoms with Crippen LogP contribution in [0.25, 0.3) is 11.0 Å². The predicted octanol–water partition coefficient (Wildman–Crippen LogP) is 1.52. The molecule has 0 aliphatic heterocycles. The number of carboxylic acid groups (broad SMARTS) is 1. The Bertz CT molecular complexity index is 577. The van der Waals surface area contributed by atoms with Crippen LogP contribution in [0.5, 0.6) is 0 Å². The topological polar surface area (TPSA) is 58.4 Å². The van der Waals surface area contributed by atoms with Gasteiger partial charge in [-0.05, 0) is 19.2 Å². The lowest BCUT2D eigenvalue weighted by atomic mass is 10.3. The smallest absolute Gasteiger partial charge is 0.304 e. The molecule has 0 fully saturated rings. The van der Waals surface area contributed by atoms with Gasteiger partial charge in [0.15, 0.2) is 0 Å². The van der Waals surface area contributed by atoms with Crippen LogP contribution >= 0.6 is 0 Å². The molecule has 5 heteroatoms. The fourth-order valence-corrected chi connectivity index (χ4v) is 2.11. The van der Waals surface area contributed by atoms with Crippen molar-refractivity contribution < 1.29 is 9.90 Å². The van der Waals surface area contributed by atoms with Crippen molar-refractivity contribution >= 4 is 17.0 Å². The van der Waals surface area contributed by atoms with E-state index in [2.05, 4.69) is 15.6 Å². The van der Waals surface area contributed by atoms with Gasteiger partial charge in [-0.1, -0.05) is 12.1 Å².